The molecule has 4 rings (SSSR count). The van der Waals surface area contributed by atoms with Crippen molar-refractivity contribution in [3.63, 3.8) is 0 Å². The van der Waals surface area contributed by atoms with Gasteiger partial charge in [-0.25, -0.2) is 0 Å². The van der Waals surface area contributed by atoms with Crippen molar-refractivity contribution in [2.24, 2.45) is 16.2 Å². The summed E-state index contributed by atoms with van der Waals surface area (Å²) < 4.78 is 0. The van der Waals surface area contributed by atoms with Crippen LogP contribution in [0.4, 0.5) is 0 Å². The van der Waals surface area contributed by atoms with E-state index in [0.717, 1.165) is 24.0 Å². The van der Waals surface area contributed by atoms with Gasteiger partial charge in [0.05, 0.1) is 6.04 Å². The number of ketones is 1. The third-order valence-electron chi connectivity index (χ3n) is 8.57. The topological polar surface area (TPSA) is 125 Å². The molecule has 3 atom stereocenters. The average Bonchev–Trinajstić information content (AvgIpc) is 3.58. The van der Waals surface area contributed by atoms with Crippen molar-refractivity contribution < 1.29 is 24.0 Å². The molecule has 0 aromatic heterocycles. The maximum atomic E-state index is 14.2. The molecule has 1 saturated carbocycles. The van der Waals surface area contributed by atoms with Gasteiger partial charge in [0, 0.05) is 24.4 Å². The van der Waals surface area contributed by atoms with E-state index in [-0.39, 0.29) is 29.7 Å². The second kappa shape index (κ2) is 11.8. The number of carbonyl (C=O) groups is 5. The number of nitrogens with zero attached hydrogens (tertiary/aromatic N) is 1. The van der Waals surface area contributed by atoms with E-state index in [1.807, 2.05) is 60.6 Å². The van der Waals surface area contributed by atoms with Gasteiger partial charge in [0.2, 0.25) is 23.5 Å². The van der Waals surface area contributed by atoms with Gasteiger partial charge in [0.25, 0.3) is 5.91 Å². The predicted molar refractivity (Wildman–Crippen MR) is 160 cm³/mol. The van der Waals surface area contributed by atoms with Crippen molar-refractivity contribution >= 4 is 29.4 Å². The Bertz CT molecular complexity index is 1210. The molecule has 1 aromatic rings. The Balaban J connectivity index is 1.60. The number of carbonyl (C=O) groups excluding carboxylic acids is 5. The lowest BCUT2D eigenvalue weighted by Crippen LogP contribution is -2.75. The van der Waals surface area contributed by atoms with Gasteiger partial charge in [-0.3, -0.25) is 24.0 Å². The van der Waals surface area contributed by atoms with Gasteiger partial charge in [-0.15, -0.1) is 0 Å². The molecule has 0 radical (unpaired) electrons. The monoisotopic (exact) mass is 580 g/mol. The minimum Gasteiger partial charge on any atom is -0.347 e. The van der Waals surface area contributed by atoms with Crippen molar-refractivity contribution in [2.45, 2.75) is 118 Å². The van der Waals surface area contributed by atoms with E-state index in [4.69, 9.17) is 0 Å². The van der Waals surface area contributed by atoms with Crippen molar-refractivity contribution in [3.05, 3.63) is 35.4 Å². The fourth-order valence-electron chi connectivity index (χ4n) is 6.35. The zero-order chi connectivity index (χ0) is 31.0. The van der Waals surface area contributed by atoms with Crippen LogP contribution >= 0.6 is 0 Å². The number of rotatable bonds is 10. The van der Waals surface area contributed by atoms with Gasteiger partial charge in [0.15, 0.2) is 0 Å². The average molecular weight is 581 g/mol. The minimum atomic E-state index is -0.968. The Morgan fingerprint density at radius 3 is 2.05 bits per heavy atom. The van der Waals surface area contributed by atoms with Crippen LogP contribution in [0, 0.1) is 16.2 Å². The van der Waals surface area contributed by atoms with Crippen LogP contribution in [0.2, 0.25) is 0 Å². The second-order valence-electron chi connectivity index (χ2n) is 14.9. The first-order valence-electron chi connectivity index (χ1n) is 15.4. The Hall–Kier alpha value is -3.23. The molecule has 2 unspecified atom stereocenters. The van der Waals surface area contributed by atoms with Crippen LogP contribution in [0.15, 0.2) is 24.3 Å². The molecule has 230 valence electrons. The maximum absolute atomic E-state index is 14.2. The highest BCUT2D eigenvalue weighted by molar-refractivity contribution is 6.38. The quantitative estimate of drug-likeness (QED) is 0.367. The normalized spacial score (nSPS) is 20.6. The number of likely N-dealkylation sites (tertiary alicyclic amines) is 1. The van der Waals surface area contributed by atoms with Gasteiger partial charge < -0.3 is 20.9 Å². The van der Waals surface area contributed by atoms with Gasteiger partial charge in [-0.1, -0.05) is 79.2 Å². The summed E-state index contributed by atoms with van der Waals surface area (Å²) >= 11 is 0. The molecule has 1 saturated heterocycles. The summed E-state index contributed by atoms with van der Waals surface area (Å²) in [6.45, 7) is 13.9. The number of hydrogen-bond acceptors (Lipinski definition) is 5. The highest BCUT2D eigenvalue weighted by Gasteiger charge is 2.61. The van der Waals surface area contributed by atoms with Gasteiger partial charge in [-0.05, 0) is 54.1 Å². The van der Waals surface area contributed by atoms with Crippen molar-refractivity contribution in [1.82, 2.24) is 20.9 Å². The Labute approximate surface area is 249 Å². The molecule has 0 bridgehead atoms. The highest BCUT2D eigenvalue weighted by Crippen LogP contribution is 2.49. The van der Waals surface area contributed by atoms with Crippen LogP contribution in [0.25, 0.3) is 0 Å². The van der Waals surface area contributed by atoms with Crippen molar-refractivity contribution in [3.8, 4) is 0 Å². The van der Waals surface area contributed by atoms with Crippen LogP contribution in [0.1, 0.15) is 91.7 Å². The van der Waals surface area contributed by atoms with Crippen LogP contribution in [-0.2, 0) is 36.8 Å². The summed E-state index contributed by atoms with van der Waals surface area (Å²) in [6.07, 6.45) is 4.17. The van der Waals surface area contributed by atoms with Crippen LogP contribution < -0.4 is 16.0 Å². The first kappa shape index (κ1) is 31.7. The molecule has 1 aromatic carbocycles. The standard InChI is InChI=1S/C33H48N4O5/c1-8-11-23(25(39)28(40)34-22-14-15-22)35-29(41)27-33(16-20-12-9-10-13-21(20)17-33)19-37(27)30(42)26(32(5,6)7)36-24(38)18-31(2,3)4/h9-10,12-13,22-23,26-27H,8,11,14-19H2,1-7H3,(H,34,40)(H,35,41)(H,36,38)/t23?,26-,27?/m1/s1. The molecule has 9 heteroatoms. The number of hydrogen-bond donors (Lipinski definition) is 3. The van der Waals surface area contributed by atoms with Crippen LogP contribution in [-0.4, -0.2) is 65.0 Å². The number of Topliss-reactive ketones (excluding diaryl/α,β-unsaturated/α-hetero) is 1. The third-order valence-corrected chi connectivity index (χ3v) is 8.57. The van der Waals surface area contributed by atoms with Gasteiger partial charge >= 0.3 is 0 Å². The minimum absolute atomic E-state index is 0.0299. The molecule has 3 N–H and O–H groups in total. The maximum Gasteiger partial charge on any atom is 0.289 e. The first-order chi connectivity index (χ1) is 19.5. The third kappa shape index (κ3) is 7.04. The van der Waals surface area contributed by atoms with Gasteiger partial charge in [0.1, 0.15) is 12.1 Å². The lowest BCUT2D eigenvalue weighted by atomic mass is 9.67. The zero-order valence-electron chi connectivity index (χ0n) is 26.3. The van der Waals surface area contributed by atoms with E-state index < -0.39 is 46.6 Å². The molecule has 9 nitrogen and oxygen atoms in total. The largest absolute Gasteiger partial charge is 0.347 e. The molecular formula is C33H48N4O5. The summed E-state index contributed by atoms with van der Waals surface area (Å²) in [7, 11) is 0. The fraction of sp³-hybridized carbons (Fsp3) is 0.667. The number of amides is 4. The lowest BCUT2D eigenvalue weighted by Gasteiger charge is -2.56. The summed E-state index contributed by atoms with van der Waals surface area (Å²) in [6, 6.07) is 5.46. The summed E-state index contributed by atoms with van der Waals surface area (Å²) in [5, 5.41) is 8.58. The predicted octanol–water partition coefficient (Wildman–Crippen LogP) is 3.08. The smallest absolute Gasteiger partial charge is 0.289 e. The van der Waals surface area contributed by atoms with E-state index in [2.05, 4.69) is 28.1 Å². The van der Waals surface area contributed by atoms with Crippen LogP contribution in [0.3, 0.4) is 0 Å². The lowest BCUT2D eigenvalue weighted by molar-refractivity contribution is -0.169. The summed E-state index contributed by atoms with van der Waals surface area (Å²) in [5.41, 5.74) is 0.934. The zero-order valence-corrected chi connectivity index (χ0v) is 26.3. The van der Waals surface area contributed by atoms with E-state index in [1.54, 1.807) is 4.90 Å². The molecule has 1 aliphatic heterocycles. The second-order valence-corrected chi connectivity index (χ2v) is 14.9. The number of fused-ring (bicyclic) bond motifs is 1. The Morgan fingerprint density at radius 2 is 1.55 bits per heavy atom. The number of nitrogens with one attached hydrogen (secondary N) is 3. The molecule has 4 amide bonds. The highest BCUT2D eigenvalue weighted by atomic mass is 16.2. The van der Waals surface area contributed by atoms with E-state index in [1.165, 1.54) is 0 Å². The van der Waals surface area contributed by atoms with Gasteiger partial charge in [-0.2, -0.15) is 0 Å². The molecule has 42 heavy (non-hydrogen) atoms. The fourth-order valence-corrected chi connectivity index (χ4v) is 6.35. The van der Waals surface area contributed by atoms with Crippen LogP contribution in [0.5, 0.6) is 0 Å². The first-order valence-corrected chi connectivity index (χ1v) is 15.4. The molecule has 2 aliphatic carbocycles. The molecular weight excluding hydrogens is 532 g/mol. The summed E-state index contributed by atoms with van der Waals surface area (Å²) in [5.74, 6) is -2.27. The van der Waals surface area contributed by atoms with E-state index in [0.29, 0.717) is 32.2 Å². The SMILES string of the molecule is CCCC(NC(=O)C1N(C(=O)[C@@H](NC(=O)CC(C)(C)C)C(C)(C)C)CC12Cc1ccccc1C2)C(=O)C(=O)NC1CC1. The molecule has 2 fully saturated rings. The molecule has 3 aliphatic rings. The summed E-state index contributed by atoms with van der Waals surface area (Å²) in [4.78, 5) is 68.5. The number of benzene rings is 1. The Kier molecular flexibility index (Phi) is 8.91. The van der Waals surface area contributed by atoms with E-state index in [9.17, 15) is 24.0 Å². The molecule has 1 spiro atoms. The molecule has 1 heterocycles. The Morgan fingerprint density at radius 1 is 0.952 bits per heavy atom. The van der Waals surface area contributed by atoms with Crippen molar-refractivity contribution in [1.29, 1.82) is 0 Å². The van der Waals surface area contributed by atoms with E-state index >= 15 is 0 Å². The van der Waals surface area contributed by atoms with Crippen molar-refractivity contribution in [2.75, 3.05) is 6.54 Å².